The first-order chi connectivity index (χ1) is 10.7. The molecule has 0 fully saturated rings. The standard InChI is InChI=1S/C18H17N3O/c19-13-6-11-18(17(20)12-13)22-16-9-7-15(8-10-16)21-14-4-2-1-3-5-14/h1-12,21H,19-20H2. The second-order valence-electron chi connectivity index (χ2n) is 4.91. The molecule has 3 aromatic rings. The van der Waals surface area contributed by atoms with Gasteiger partial charge in [-0.15, -0.1) is 0 Å². The van der Waals surface area contributed by atoms with Gasteiger partial charge < -0.3 is 21.5 Å². The van der Waals surface area contributed by atoms with Crippen LogP contribution in [0.25, 0.3) is 0 Å². The van der Waals surface area contributed by atoms with Crippen LogP contribution in [-0.4, -0.2) is 0 Å². The number of hydrogen-bond donors (Lipinski definition) is 3. The number of rotatable bonds is 4. The topological polar surface area (TPSA) is 73.3 Å². The van der Waals surface area contributed by atoms with E-state index in [1.165, 1.54) is 0 Å². The summed E-state index contributed by atoms with van der Waals surface area (Å²) in [4.78, 5) is 0. The van der Waals surface area contributed by atoms with Gasteiger partial charge in [0.2, 0.25) is 0 Å². The van der Waals surface area contributed by atoms with E-state index < -0.39 is 0 Å². The normalized spacial score (nSPS) is 10.2. The maximum atomic E-state index is 5.88. The van der Waals surface area contributed by atoms with Gasteiger partial charge in [-0.2, -0.15) is 0 Å². The molecule has 0 amide bonds. The van der Waals surface area contributed by atoms with Crippen LogP contribution < -0.4 is 21.5 Å². The van der Waals surface area contributed by atoms with Crippen molar-refractivity contribution in [3.63, 3.8) is 0 Å². The fourth-order valence-electron chi connectivity index (χ4n) is 2.08. The zero-order valence-electron chi connectivity index (χ0n) is 12.0. The van der Waals surface area contributed by atoms with Gasteiger partial charge >= 0.3 is 0 Å². The van der Waals surface area contributed by atoms with Crippen LogP contribution in [0, 0.1) is 0 Å². The van der Waals surface area contributed by atoms with E-state index in [-0.39, 0.29) is 0 Å². The summed E-state index contributed by atoms with van der Waals surface area (Å²) in [7, 11) is 0. The Morgan fingerprint density at radius 2 is 1.41 bits per heavy atom. The molecule has 3 rings (SSSR count). The number of anilines is 4. The lowest BCUT2D eigenvalue weighted by Gasteiger charge is -2.10. The van der Waals surface area contributed by atoms with E-state index >= 15 is 0 Å². The lowest BCUT2D eigenvalue weighted by atomic mass is 10.2. The van der Waals surface area contributed by atoms with Gasteiger partial charge in [-0.25, -0.2) is 0 Å². The number of nitrogen functional groups attached to an aromatic ring is 2. The van der Waals surface area contributed by atoms with Crippen LogP contribution in [-0.2, 0) is 0 Å². The largest absolute Gasteiger partial charge is 0.455 e. The van der Waals surface area contributed by atoms with Crippen molar-refractivity contribution in [2.24, 2.45) is 0 Å². The van der Waals surface area contributed by atoms with E-state index in [9.17, 15) is 0 Å². The molecule has 5 N–H and O–H groups in total. The Morgan fingerprint density at radius 3 is 2.09 bits per heavy atom. The Bertz CT molecular complexity index is 755. The summed E-state index contributed by atoms with van der Waals surface area (Å²) in [6, 6.07) is 22.9. The Kier molecular flexibility index (Phi) is 3.83. The predicted octanol–water partition coefficient (Wildman–Crippen LogP) is 4.39. The van der Waals surface area contributed by atoms with E-state index in [0.29, 0.717) is 17.1 Å². The van der Waals surface area contributed by atoms with Crippen LogP contribution in [0.15, 0.2) is 72.8 Å². The Hall–Kier alpha value is -3.14. The smallest absolute Gasteiger partial charge is 0.150 e. The summed E-state index contributed by atoms with van der Waals surface area (Å²) in [6.45, 7) is 0. The summed E-state index contributed by atoms with van der Waals surface area (Å²) in [5, 5.41) is 3.32. The third-order valence-electron chi connectivity index (χ3n) is 3.18. The number of nitrogens with one attached hydrogen (secondary N) is 1. The van der Waals surface area contributed by atoms with Gasteiger partial charge in [0.1, 0.15) is 11.5 Å². The van der Waals surface area contributed by atoms with Gasteiger partial charge in [0.15, 0.2) is 0 Å². The molecule has 22 heavy (non-hydrogen) atoms. The molecule has 0 radical (unpaired) electrons. The quantitative estimate of drug-likeness (QED) is 0.623. The molecule has 0 aromatic heterocycles. The summed E-state index contributed by atoms with van der Waals surface area (Å²) >= 11 is 0. The second kappa shape index (κ2) is 6.10. The van der Waals surface area contributed by atoms with Crippen LogP contribution in [0.1, 0.15) is 0 Å². The van der Waals surface area contributed by atoms with Gasteiger partial charge in [0, 0.05) is 17.1 Å². The summed E-state index contributed by atoms with van der Waals surface area (Å²) in [5.74, 6) is 1.31. The maximum Gasteiger partial charge on any atom is 0.150 e. The Balaban J connectivity index is 1.71. The first kappa shape index (κ1) is 13.8. The highest BCUT2D eigenvalue weighted by Gasteiger charge is 2.03. The Morgan fingerprint density at radius 1 is 0.727 bits per heavy atom. The molecule has 0 saturated carbocycles. The fraction of sp³-hybridized carbons (Fsp3) is 0. The molecule has 0 aliphatic heterocycles. The molecule has 0 unspecified atom stereocenters. The van der Waals surface area contributed by atoms with Crippen LogP contribution in [0.3, 0.4) is 0 Å². The van der Waals surface area contributed by atoms with Crippen LogP contribution in [0.5, 0.6) is 11.5 Å². The molecule has 4 nitrogen and oxygen atoms in total. The zero-order valence-corrected chi connectivity index (χ0v) is 12.0. The Labute approximate surface area is 129 Å². The molecule has 110 valence electrons. The molecule has 0 saturated heterocycles. The highest BCUT2D eigenvalue weighted by molar-refractivity contribution is 5.63. The average molecular weight is 291 g/mol. The van der Waals surface area contributed by atoms with Crippen LogP contribution in [0.2, 0.25) is 0 Å². The molecule has 0 aliphatic rings. The number of hydrogen-bond acceptors (Lipinski definition) is 4. The molecular formula is C18H17N3O. The summed E-state index contributed by atoms with van der Waals surface area (Å²) in [6.07, 6.45) is 0. The van der Waals surface area contributed by atoms with Gasteiger partial charge in [-0.3, -0.25) is 0 Å². The summed E-state index contributed by atoms with van der Waals surface area (Å²) < 4.78 is 5.76. The van der Waals surface area contributed by atoms with Gasteiger partial charge in [0.05, 0.1) is 5.69 Å². The van der Waals surface area contributed by atoms with Gasteiger partial charge in [0.25, 0.3) is 0 Å². The van der Waals surface area contributed by atoms with Crippen molar-refractivity contribution in [2.75, 3.05) is 16.8 Å². The first-order valence-electron chi connectivity index (χ1n) is 6.96. The minimum absolute atomic E-state index is 0.520. The van der Waals surface area contributed by atoms with Gasteiger partial charge in [-0.1, -0.05) is 18.2 Å². The second-order valence-corrected chi connectivity index (χ2v) is 4.91. The van der Waals surface area contributed by atoms with Crippen LogP contribution in [0.4, 0.5) is 22.7 Å². The lowest BCUT2D eigenvalue weighted by Crippen LogP contribution is -1.94. The summed E-state index contributed by atoms with van der Waals surface area (Å²) in [5.41, 5.74) is 14.7. The third-order valence-corrected chi connectivity index (χ3v) is 3.18. The molecule has 0 heterocycles. The van der Waals surface area contributed by atoms with E-state index in [0.717, 1.165) is 17.1 Å². The molecule has 0 spiro atoms. The van der Waals surface area contributed by atoms with Crippen molar-refractivity contribution >= 4 is 22.7 Å². The monoisotopic (exact) mass is 291 g/mol. The van der Waals surface area contributed by atoms with Crippen molar-refractivity contribution in [3.8, 4) is 11.5 Å². The van der Waals surface area contributed by atoms with Crippen molar-refractivity contribution in [3.05, 3.63) is 72.8 Å². The van der Waals surface area contributed by atoms with E-state index in [2.05, 4.69) is 5.32 Å². The van der Waals surface area contributed by atoms with E-state index in [1.807, 2.05) is 54.6 Å². The highest BCUT2D eigenvalue weighted by atomic mass is 16.5. The van der Waals surface area contributed by atoms with Crippen molar-refractivity contribution in [1.29, 1.82) is 0 Å². The minimum atomic E-state index is 0.520. The molecule has 3 aromatic carbocycles. The zero-order chi connectivity index (χ0) is 15.4. The molecule has 0 bridgehead atoms. The number of para-hydroxylation sites is 1. The SMILES string of the molecule is Nc1ccc(Oc2ccc(Nc3ccccc3)cc2)c(N)c1. The molecule has 0 atom stereocenters. The third kappa shape index (κ3) is 3.30. The average Bonchev–Trinajstić information content (AvgIpc) is 2.53. The van der Waals surface area contributed by atoms with Gasteiger partial charge in [-0.05, 0) is 54.6 Å². The number of nitrogens with two attached hydrogens (primary N) is 2. The lowest BCUT2D eigenvalue weighted by molar-refractivity contribution is 0.485. The molecule has 0 aliphatic carbocycles. The first-order valence-corrected chi connectivity index (χ1v) is 6.96. The predicted molar refractivity (Wildman–Crippen MR) is 91.5 cm³/mol. The molecular weight excluding hydrogens is 274 g/mol. The number of benzene rings is 3. The van der Waals surface area contributed by atoms with Crippen LogP contribution >= 0.6 is 0 Å². The minimum Gasteiger partial charge on any atom is -0.455 e. The number of ether oxygens (including phenoxy) is 1. The van der Waals surface area contributed by atoms with Crippen molar-refractivity contribution in [1.82, 2.24) is 0 Å². The molecule has 4 heteroatoms. The van der Waals surface area contributed by atoms with Crippen molar-refractivity contribution < 1.29 is 4.74 Å². The van der Waals surface area contributed by atoms with Crippen molar-refractivity contribution in [2.45, 2.75) is 0 Å². The fourth-order valence-corrected chi connectivity index (χ4v) is 2.08. The highest BCUT2D eigenvalue weighted by Crippen LogP contribution is 2.30. The van der Waals surface area contributed by atoms with E-state index in [1.54, 1.807) is 18.2 Å². The van der Waals surface area contributed by atoms with E-state index in [4.69, 9.17) is 16.2 Å². The maximum absolute atomic E-state index is 5.88.